The normalized spacial score (nSPS) is 17.8. The van der Waals surface area contributed by atoms with Crippen LogP contribution in [0.15, 0.2) is 24.3 Å². The fourth-order valence-electron chi connectivity index (χ4n) is 2.82. The fourth-order valence-corrected chi connectivity index (χ4v) is 2.82. The summed E-state index contributed by atoms with van der Waals surface area (Å²) in [6.45, 7) is 6.02. The zero-order valence-electron chi connectivity index (χ0n) is 12.9. The predicted octanol–water partition coefficient (Wildman–Crippen LogP) is 3.03. The van der Waals surface area contributed by atoms with E-state index in [4.69, 9.17) is 9.47 Å². The Kier molecular flexibility index (Phi) is 5.86. The van der Waals surface area contributed by atoms with Crippen molar-refractivity contribution in [1.29, 1.82) is 0 Å². The number of rotatable bonds is 9. The van der Waals surface area contributed by atoms with E-state index in [1.807, 2.05) is 6.07 Å². The van der Waals surface area contributed by atoms with Gasteiger partial charge in [0.1, 0.15) is 5.75 Å². The third-order valence-corrected chi connectivity index (χ3v) is 3.90. The number of ether oxygens (including phenoxy) is 2. The van der Waals surface area contributed by atoms with Crippen molar-refractivity contribution in [2.45, 2.75) is 45.3 Å². The summed E-state index contributed by atoms with van der Waals surface area (Å²) in [5.74, 6) is 1.67. The van der Waals surface area contributed by atoms with Gasteiger partial charge in [-0.05, 0) is 56.3 Å². The van der Waals surface area contributed by atoms with Crippen LogP contribution in [0.5, 0.6) is 5.75 Å². The van der Waals surface area contributed by atoms with E-state index < -0.39 is 0 Å². The fraction of sp³-hybridized carbons (Fsp3) is 0.647. The maximum absolute atomic E-state index is 6.02. The van der Waals surface area contributed by atoms with Crippen molar-refractivity contribution in [2.24, 2.45) is 5.92 Å². The van der Waals surface area contributed by atoms with Crippen LogP contribution in [0, 0.1) is 5.92 Å². The molecule has 1 aromatic carbocycles. The molecule has 112 valence electrons. The van der Waals surface area contributed by atoms with Crippen molar-refractivity contribution < 1.29 is 9.47 Å². The Balaban J connectivity index is 2.06. The standard InChI is InChI=1S/C17H27NO2/c1-4-18-16(17(20-5-2)14-9-10-14)12-13-7-6-8-15(11-13)19-3/h6-8,11,14,16-18H,4-5,9-10,12H2,1-3H3. The third kappa shape index (κ3) is 4.22. The Bertz CT molecular complexity index is 404. The summed E-state index contributed by atoms with van der Waals surface area (Å²) in [6.07, 6.45) is 3.95. The van der Waals surface area contributed by atoms with E-state index in [2.05, 4.69) is 37.4 Å². The average molecular weight is 277 g/mol. The van der Waals surface area contributed by atoms with Gasteiger partial charge in [-0.15, -0.1) is 0 Å². The molecule has 2 unspecified atom stereocenters. The molecule has 0 radical (unpaired) electrons. The average Bonchev–Trinajstić information content (AvgIpc) is 3.29. The highest BCUT2D eigenvalue weighted by molar-refractivity contribution is 5.29. The second kappa shape index (κ2) is 7.65. The molecule has 1 fully saturated rings. The molecule has 3 nitrogen and oxygen atoms in total. The first kappa shape index (κ1) is 15.3. The molecule has 0 spiro atoms. The van der Waals surface area contributed by atoms with Crippen molar-refractivity contribution in [1.82, 2.24) is 5.32 Å². The van der Waals surface area contributed by atoms with Crippen molar-refractivity contribution >= 4 is 0 Å². The van der Waals surface area contributed by atoms with Gasteiger partial charge in [-0.25, -0.2) is 0 Å². The Morgan fingerprint density at radius 3 is 2.70 bits per heavy atom. The maximum Gasteiger partial charge on any atom is 0.119 e. The zero-order valence-corrected chi connectivity index (χ0v) is 12.9. The van der Waals surface area contributed by atoms with Crippen LogP contribution in [0.25, 0.3) is 0 Å². The van der Waals surface area contributed by atoms with E-state index in [0.717, 1.165) is 31.2 Å². The van der Waals surface area contributed by atoms with Gasteiger partial charge in [0.2, 0.25) is 0 Å². The second-order valence-corrected chi connectivity index (χ2v) is 5.48. The molecule has 20 heavy (non-hydrogen) atoms. The number of nitrogens with one attached hydrogen (secondary N) is 1. The minimum Gasteiger partial charge on any atom is -0.497 e. The van der Waals surface area contributed by atoms with Crippen LogP contribution in [0.4, 0.5) is 0 Å². The van der Waals surface area contributed by atoms with Crippen LogP contribution in [0.1, 0.15) is 32.3 Å². The summed E-state index contributed by atoms with van der Waals surface area (Å²) >= 11 is 0. The van der Waals surface area contributed by atoms with Crippen molar-refractivity contribution in [3.63, 3.8) is 0 Å². The predicted molar refractivity (Wildman–Crippen MR) is 82.3 cm³/mol. The van der Waals surface area contributed by atoms with Gasteiger partial charge in [0.25, 0.3) is 0 Å². The van der Waals surface area contributed by atoms with Crippen LogP contribution in [0.3, 0.4) is 0 Å². The molecule has 0 aliphatic heterocycles. The first-order valence-electron chi connectivity index (χ1n) is 7.76. The summed E-state index contributed by atoms with van der Waals surface area (Å²) in [4.78, 5) is 0. The van der Waals surface area contributed by atoms with Gasteiger partial charge in [-0.3, -0.25) is 0 Å². The molecule has 0 saturated heterocycles. The molecule has 1 N–H and O–H groups in total. The minimum absolute atomic E-state index is 0.339. The lowest BCUT2D eigenvalue weighted by molar-refractivity contribution is 0.0196. The highest BCUT2D eigenvalue weighted by atomic mass is 16.5. The first-order chi connectivity index (χ1) is 9.78. The molecular formula is C17H27NO2. The molecule has 0 heterocycles. The monoisotopic (exact) mass is 277 g/mol. The van der Waals surface area contributed by atoms with Crippen LogP contribution < -0.4 is 10.1 Å². The SMILES string of the molecule is CCNC(Cc1cccc(OC)c1)C(OCC)C1CC1. The summed E-state index contributed by atoms with van der Waals surface area (Å²) in [5, 5.41) is 3.61. The van der Waals surface area contributed by atoms with E-state index in [-0.39, 0.29) is 0 Å². The van der Waals surface area contributed by atoms with Crippen LogP contribution >= 0.6 is 0 Å². The molecule has 1 saturated carbocycles. The molecule has 0 aromatic heterocycles. The number of benzene rings is 1. The Morgan fingerprint density at radius 1 is 1.30 bits per heavy atom. The van der Waals surface area contributed by atoms with Gasteiger partial charge in [0, 0.05) is 12.6 Å². The number of hydrogen-bond donors (Lipinski definition) is 1. The lowest BCUT2D eigenvalue weighted by Crippen LogP contribution is -2.44. The van der Waals surface area contributed by atoms with E-state index in [9.17, 15) is 0 Å². The summed E-state index contributed by atoms with van der Waals surface area (Å²) < 4.78 is 11.3. The molecule has 1 aliphatic carbocycles. The summed E-state index contributed by atoms with van der Waals surface area (Å²) in [7, 11) is 1.72. The third-order valence-electron chi connectivity index (χ3n) is 3.90. The molecule has 0 bridgehead atoms. The lowest BCUT2D eigenvalue weighted by atomic mass is 9.98. The Hall–Kier alpha value is -1.06. The van der Waals surface area contributed by atoms with Gasteiger partial charge in [-0.2, -0.15) is 0 Å². The van der Waals surface area contributed by atoms with Gasteiger partial charge in [0.05, 0.1) is 13.2 Å². The molecule has 3 heteroatoms. The topological polar surface area (TPSA) is 30.5 Å². The largest absolute Gasteiger partial charge is 0.497 e. The second-order valence-electron chi connectivity index (χ2n) is 5.48. The van der Waals surface area contributed by atoms with Crippen LogP contribution in [-0.4, -0.2) is 32.4 Å². The maximum atomic E-state index is 6.02. The van der Waals surface area contributed by atoms with E-state index in [1.165, 1.54) is 18.4 Å². The summed E-state index contributed by atoms with van der Waals surface area (Å²) in [5.41, 5.74) is 1.31. The lowest BCUT2D eigenvalue weighted by Gasteiger charge is -2.28. The van der Waals surface area contributed by atoms with E-state index >= 15 is 0 Å². The molecule has 0 amide bonds. The summed E-state index contributed by atoms with van der Waals surface area (Å²) in [6, 6.07) is 8.74. The number of likely N-dealkylation sites (N-methyl/N-ethyl adjacent to an activating group) is 1. The van der Waals surface area contributed by atoms with E-state index in [1.54, 1.807) is 7.11 Å². The van der Waals surface area contributed by atoms with Crippen molar-refractivity contribution in [2.75, 3.05) is 20.3 Å². The van der Waals surface area contributed by atoms with Gasteiger partial charge in [0.15, 0.2) is 0 Å². The van der Waals surface area contributed by atoms with Gasteiger partial charge < -0.3 is 14.8 Å². The molecule has 1 aromatic rings. The molecule has 2 rings (SSSR count). The highest BCUT2D eigenvalue weighted by Gasteiger charge is 2.36. The molecular weight excluding hydrogens is 250 g/mol. The first-order valence-corrected chi connectivity index (χ1v) is 7.76. The Labute approximate surface area is 122 Å². The van der Waals surface area contributed by atoms with E-state index in [0.29, 0.717) is 12.1 Å². The minimum atomic E-state index is 0.339. The molecule has 1 aliphatic rings. The Morgan fingerprint density at radius 2 is 2.10 bits per heavy atom. The zero-order chi connectivity index (χ0) is 14.4. The van der Waals surface area contributed by atoms with Crippen LogP contribution in [-0.2, 0) is 11.2 Å². The highest BCUT2D eigenvalue weighted by Crippen LogP contribution is 2.36. The van der Waals surface area contributed by atoms with Gasteiger partial charge in [-0.1, -0.05) is 19.1 Å². The van der Waals surface area contributed by atoms with Gasteiger partial charge >= 0.3 is 0 Å². The van der Waals surface area contributed by atoms with Crippen molar-refractivity contribution in [3.8, 4) is 5.75 Å². The number of methoxy groups -OCH3 is 1. The van der Waals surface area contributed by atoms with Crippen molar-refractivity contribution in [3.05, 3.63) is 29.8 Å². The van der Waals surface area contributed by atoms with Crippen LogP contribution in [0.2, 0.25) is 0 Å². The molecule has 2 atom stereocenters. The quantitative estimate of drug-likeness (QED) is 0.752. The smallest absolute Gasteiger partial charge is 0.119 e. The number of hydrogen-bond acceptors (Lipinski definition) is 3.